The maximum Gasteiger partial charge on any atom is 0.225 e. The minimum Gasteiger partial charge on any atom is -0.508 e. The van der Waals surface area contributed by atoms with Crippen LogP contribution in [0.4, 0.5) is 0 Å². The summed E-state index contributed by atoms with van der Waals surface area (Å²) in [5.74, 6) is 1.01. The summed E-state index contributed by atoms with van der Waals surface area (Å²) in [5.41, 5.74) is 1.13. The first kappa shape index (κ1) is 13.4. The lowest BCUT2D eigenvalue weighted by Gasteiger charge is -2.22. The molecular formula is C16H22N2O2. The molecule has 20 heavy (non-hydrogen) atoms. The second-order valence-corrected chi connectivity index (χ2v) is 5.90. The van der Waals surface area contributed by atoms with Crippen molar-refractivity contribution < 1.29 is 9.90 Å². The number of aromatic hydroxyl groups is 1. The highest BCUT2D eigenvalue weighted by Gasteiger charge is 2.33. The molecule has 0 bridgehead atoms. The van der Waals surface area contributed by atoms with Gasteiger partial charge in [-0.05, 0) is 37.0 Å². The van der Waals surface area contributed by atoms with Gasteiger partial charge in [0.25, 0.3) is 0 Å². The van der Waals surface area contributed by atoms with Crippen molar-refractivity contribution in [3.8, 4) is 5.75 Å². The van der Waals surface area contributed by atoms with Gasteiger partial charge in [0, 0.05) is 38.6 Å². The summed E-state index contributed by atoms with van der Waals surface area (Å²) in [5, 5.41) is 9.51. The van der Waals surface area contributed by atoms with Gasteiger partial charge < -0.3 is 10.0 Å². The predicted molar refractivity (Wildman–Crippen MR) is 77.3 cm³/mol. The molecule has 2 fully saturated rings. The summed E-state index contributed by atoms with van der Waals surface area (Å²) < 4.78 is 0. The van der Waals surface area contributed by atoms with Gasteiger partial charge in [-0.1, -0.05) is 12.1 Å². The van der Waals surface area contributed by atoms with E-state index < -0.39 is 0 Å². The van der Waals surface area contributed by atoms with E-state index >= 15 is 0 Å². The fourth-order valence-corrected chi connectivity index (χ4v) is 2.85. The van der Waals surface area contributed by atoms with E-state index in [0.717, 1.165) is 57.5 Å². The van der Waals surface area contributed by atoms with Crippen LogP contribution in [0.25, 0.3) is 0 Å². The molecule has 1 heterocycles. The van der Waals surface area contributed by atoms with E-state index in [2.05, 4.69) is 4.90 Å². The molecule has 2 aliphatic rings. The van der Waals surface area contributed by atoms with Crippen molar-refractivity contribution in [3.63, 3.8) is 0 Å². The first-order chi connectivity index (χ1) is 9.72. The fraction of sp³-hybridized carbons (Fsp3) is 0.562. The average Bonchev–Trinajstić information content (AvgIpc) is 3.26. The van der Waals surface area contributed by atoms with Gasteiger partial charge >= 0.3 is 0 Å². The van der Waals surface area contributed by atoms with Gasteiger partial charge in [-0.25, -0.2) is 0 Å². The third-order valence-corrected chi connectivity index (χ3v) is 4.14. The molecule has 1 amide bonds. The van der Waals surface area contributed by atoms with Gasteiger partial charge in [0.15, 0.2) is 0 Å². The van der Waals surface area contributed by atoms with Crippen LogP contribution in [0.2, 0.25) is 0 Å². The molecule has 1 aromatic rings. The predicted octanol–water partition coefficient (Wildman–Crippen LogP) is 1.84. The molecule has 0 unspecified atom stereocenters. The normalized spacial score (nSPS) is 20.7. The summed E-state index contributed by atoms with van der Waals surface area (Å²) in [7, 11) is 0. The number of benzene rings is 1. The largest absolute Gasteiger partial charge is 0.508 e. The van der Waals surface area contributed by atoms with Gasteiger partial charge in [-0.15, -0.1) is 0 Å². The number of carbonyl (C=O) groups is 1. The van der Waals surface area contributed by atoms with E-state index in [1.165, 1.54) is 0 Å². The van der Waals surface area contributed by atoms with Crippen molar-refractivity contribution in [1.29, 1.82) is 0 Å². The molecule has 0 aromatic heterocycles. The summed E-state index contributed by atoms with van der Waals surface area (Å²) in [6.07, 6.45) is 3.21. The zero-order valence-electron chi connectivity index (χ0n) is 11.8. The van der Waals surface area contributed by atoms with Crippen molar-refractivity contribution in [2.45, 2.75) is 25.8 Å². The van der Waals surface area contributed by atoms with Crippen LogP contribution in [0.5, 0.6) is 5.75 Å². The van der Waals surface area contributed by atoms with Crippen molar-refractivity contribution in [3.05, 3.63) is 29.8 Å². The highest BCUT2D eigenvalue weighted by Crippen LogP contribution is 2.31. The maximum absolute atomic E-state index is 12.1. The Balaban J connectivity index is 1.55. The fourth-order valence-electron chi connectivity index (χ4n) is 2.85. The number of carbonyl (C=O) groups excluding carboxylic acids is 1. The Morgan fingerprint density at radius 1 is 1.20 bits per heavy atom. The highest BCUT2D eigenvalue weighted by atomic mass is 16.3. The van der Waals surface area contributed by atoms with Gasteiger partial charge in [0.2, 0.25) is 5.91 Å². The second-order valence-electron chi connectivity index (χ2n) is 5.90. The lowest BCUT2D eigenvalue weighted by molar-refractivity contribution is -0.132. The van der Waals surface area contributed by atoms with Crippen molar-refractivity contribution in [1.82, 2.24) is 9.80 Å². The first-order valence-electron chi connectivity index (χ1n) is 7.51. The number of amides is 1. The third-order valence-electron chi connectivity index (χ3n) is 4.14. The Bertz CT molecular complexity index is 485. The van der Waals surface area contributed by atoms with Crippen molar-refractivity contribution >= 4 is 5.91 Å². The van der Waals surface area contributed by atoms with Gasteiger partial charge in [-0.3, -0.25) is 9.69 Å². The molecule has 1 aliphatic heterocycles. The lowest BCUT2D eigenvalue weighted by Crippen LogP contribution is -2.35. The van der Waals surface area contributed by atoms with E-state index in [-0.39, 0.29) is 0 Å². The second kappa shape index (κ2) is 5.83. The number of rotatable bonds is 3. The van der Waals surface area contributed by atoms with Crippen LogP contribution >= 0.6 is 0 Å². The standard InChI is InChI=1S/C16H22N2O2/c19-15-4-1-3-13(11-15)12-17-7-2-8-18(10-9-17)16(20)14-5-6-14/h1,3-4,11,14,19H,2,5-10,12H2. The number of hydrogen-bond acceptors (Lipinski definition) is 3. The monoisotopic (exact) mass is 274 g/mol. The van der Waals surface area contributed by atoms with E-state index in [0.29, 0.717) is 17.6 Å². The summed E-state index contributed by atoms with van der Waals surface area (Å²) in [4.78, 5) is 16.5. The number of phenols is 1. The van der Waals surface area contributed by atoms with Crippen LogP contribution in [-0.2, 0) is 11.3 Å². The summed E-state index contributed by atoms with van der Waals surface area (Å²) in [6.45, 7) is 4.53. The van der Waals surface area contributed by atoms with Crippen molar-refractivity contribution in [2.24, 2.45) is 5.92 Å². The molecule has 1 saturated heterocycles. The minimum absolute atomic E-state index is 0.322. The Morgan fingerprint density at radius 3 is 2.80 bits per heavy atom. The average molecular weight is 274 g/mol. The van der Waals surface area contributed by atoms with Crippen molar-refractivity contribution in [2.75, 3.05) is 26.2 Å². The lowest BCUT2D eigenvalue weighted by atomic mass is 10.2. The molecule has 0 atom stereocenters. The molecule has 0 spiro atoms. The van der Waals surface area contributed by atoms with E-state index in [4.69, 9.17) is 0 Å². The number of nitrogens with zero attached hydrogens (tertiary/aromatic N) is 2. The zero-order chi connectivity index (χ0) is 13.9. The Morgan fingerprint density at radius 2 is 2.05 bits per heavy atom. The van der Waals surface area contributed by atoms with Crippen LogP contribution < -0.4 is 0 Å². The molecular weight excluding hydrogens is 252 g/mol. The van der Waals surface area contributed by atoms with Crippen LogP contribution in [-0.4, -0.2) is 47.0 Å². The van der Waals surface area contributed by atoms with E-state index in [9.17, 15) is 9.90 Å². The molecule has 4 nitrogen and oxygen atoms in total. The molecule has 0 radical (unpaired) electrons. The Kier molecular flexibility index (Phi) is 3.92. The summed E-state index contributed by atoms with van der Waals surface area (Å²) in [6, 6.07) is 7.43. The molecule has 3 rings (SSSR count). The van der Waals surface area contributed by atoms with Gasteiger partial charge in [-0.2, -0.15) is 0 Å². The molecule has 1 N–H and O–H groups in total. The number of phenolic OH excluding ortho intramolecular Hbond substituents is 1. The van der Waals surface area contributed by atoms with E-state index in [1.54, 1.807) is 6.07 Å². The molecule has 1 aromatic carbocycles. The first-order valence-corrected chi connectivity index (χ1v) is 7.51. The van der Waals surface area contributed by atoms with Crippen LogP contribution in [0.1, 0.15) is 24.8 Å². The number of hydrogen-bond donors (Lipinski definition) is 1. The third kappa shape index (κ3) is 3.31. The van der Waals surface area contributed by atoms with Gasteiger partial charge in [0.05, 0.1) is 0 Å². The molecule has 108 valence electrons. The SMILES string of the molecule is O=C(C1CC1)N1CCCN(Cc2cccc(O)c2)CC1. The van der Waals surface area contributed by atoms with Crippen LogP contribution in [0.15, 0.2) is 24.3 Å². The molecule has 1 saturated carbocycles. The Labute approximate surface area is 120 Å². The Hall–Kier alpha value is -1.55. The van der Waals surface area contributed by atoms with Crippen LogP contribution in [0, 0.1) is 5.92 Å². The molecule has 4 heteroatoms. The zero-order valence-corrected chi connectivity index (χ0v) is 11.8. The minimum atomic E-state index is 0.322. The smallest absolute Gasteiger partial charge is 0.225 e. The molecule has 1 aliphatic carbocycles. The summed E-state index contributed by atoms with van der Waals surface area (Å²) >= 11 is 0. The van der Waals surface area contributed by atoms with Crippen LogP contribution in [0.3, 0.4) is 0 Å². The van der Waals surface area contributed by atoms with Gasteiger partial charge in [0.1, 0.15) is 5.75 Å². The van der Waals surface area contributed by atoms with E-state index in [1.807, 2.05) is 23.1 Å². The topological polar surface area (TPSA) is 43.8 Å². The maximum atomic E-state index is 12.1. The quantitative estimate of drug-likeness (QED) is 0.914. The highest BCUT2D eigenvalue weighted by molar-refractivity contribution is 5.81.